The molecule has 1 aromatic rings. The minimum Gasteiger partial charge on any atom is -0.444 e. The van der Waals surface area contributed by atoms with E-state index in [9.17, 15) is 9.59 Å². The average Bonchev–Trinajstić information content (AvgIpc) is 2.55. The highest BCUT2D eigenvalue weighted by Gasteiger charge is 2.15. The average molecular weight is 363 g/mol. The molecule has 0 saturated carbocycles. The van der Waals surface area contributed by atoms with Gasteiger partial charge < -0.3 is 26.4 Å². The molecular weight excluding hydrogens is 334 g/mol. The van der Waals surface area contributed by atoms with E-state index < -0.39 is 17.6 Å². The van der Waals surface area contributed by atoms with Crippen LogP contribution in [0.25, 0.3) is 0 Å². The van der Waals surface area contributed by atoms with Crippen molar-refractivity contribution in [1.29, 1.82) is 0 Å². The number of carbonyl (C=O) groups is 2. The van der Waals surface area contributed by atoms with Crippen LogP contribution in [-0.4, -0.2) is 43.2 Å². The number of nitrogens with one attached hydrogen (secondary N) is 3. The van der Waals surface area contributed by atoms with Crippen LogP contribution in [0.2, 0.25) is 0 Å². The van der Waals surface area contributed by atoms with E-state index in [0.717, 1.165) is 5.56 Å². The van der Waals surface area contributed by atoms with E-state index in [1.165, 1.54) is 0 Å². The highest BCUT2D eigenvalue weighted by molar-refractivity contribution is 5.92. The Balaban J connectivity index is 2.50. The number of hydrogen-bond acceptors (Lipinski definition) is 4. The number of amides is 2. The molecule has 0 heterocycles. The zero-order chi connectivity index (χ0) is 19.6. The van der Waals surface area contributed by atoms with Crippen molar-refractivity contribution >= 4 is 18.0 Å². The lowest BCUT2D eigenvalue weighted by Gasteiger charge is -2.19. The van der Waals surface area contributed by atoms with Crippen molar-refractivity contribution in [1.82, 2.24) is 16.0 Å². The lowest BCUT2D eigenvalue weighted by atomic mass is 10.1. The number of rotatable bonds is 7. The molecule has 0 aromatic heterocycles. The molecule has 0 aliphatic heterocycles. The number of hydrogen-bond donors (Lipinski definition) is 4. The molecule has 8 heteroatoms. The molecule has 0 saturated heterocycles. The van der Waals surface area contributed by atoms with Gasteiger partial charge in [0.05, 0.1) is 6.54 Å². The van der Waals surface area contributed by atoms with Crippen LogP contribution in [0.5, 0.6) is 0 Å². The summed E-state index contributed by atoms with van der Waals surface area (Å²) in [5, 5.41) is 8.92. The van der Waals surface area contributed by atoms with E-state index in [0.29, 0.717) is 37.7 Å². The zero-order valence-corrected chi connectivity index (χ0v) is 15.9. The monoisotopic (exact) mass is 363 g/mol. The summed E-state index contributed by atoms with van der Waals surface area (Å²) in [6, 6.07) is 7.04. The molecule has 0 aliphatic rings. The van der Waals surface area contributed by atoms with Crippen molar-refractivity contribution in [2.45, 2.75) is 39.8 Å². The predicted octanol–water partition coefficient (Wildman–Crippen LogP) is 1.37. The smallest absolute Gasteiger partial charge is 0.407 e. The van der Waals surface area contributed by atoms with E-state index in [-0.39, 0.29) is 0 Å². The summed E-state index contributed by atoms with van der Waals surface area (Å²) in [4.78, 5) is 27.3. The summed E-state index contributed by atoms with van der Waals surface area (Å²) in [5.74, 6) is 0.150. The number of nitrogens with two attached hydrogens (primary N) is 1. The van der Waals surface area contributed by atoms with Crippen molar-refractivity contribution in [3.8, 4) is 0 Å². The molecule has 1 rings (SSSR count). The summed E-state index contributed by atoms with van der Waals surface area (Å²) < 4.78 is 5.17. The van der Waals surface area contributed by atoms with Gasteiger partial charge in [0.1, 0.15) is 5.60 Å². The lowest BCUT2D eigenvalue weighted by molar-refractivity contribution is 0.0528. The molecule has 0 aliphatic carbocycles. The van der Waals surface area contributed by atoms with Gasteiger partial charge in [-0.05, 0) is 45.4 Å². The fourth-order valence-electron chi connectivity index (χ4n) is 1.99. The minimum atomic E-state index is -0.520. The quantitative estimate of drug-likeness (QED) is 0.331. The van der Waals surface area contributed by atoms with Crippen LogP contribution in [0, 0.1) is 0 Å². The van der Waals surface area contributed by atoms with Gasteiger partial charge >= 0.3 is 6.09 Å². The first-order valence-corrected chi connectivity index (χ1v) is 8.59. The highest BCUT2D eigenvalue weighted by atomic mass is 16.6. The number of primary amides is 1. The van der Waals surface area contributed by atoms with Crippen LogP contribution >= 0.6 is 0 Å². The van der Waals surface area contributed by atoms with Crippen LogP contribution in [0.1, 0.15) is 43.6 Å². The molecule has 0 bridgehead atoms. The summed E-state index contributed by atoms with van der Waals surface area (Å²) >= 11 is 0. The SMILES string of the molecule is CCNC(=NCc1cccc(C(N)=O)c1)NCCNC(=O)OC(C)(C)C. The number of aliphatic imine (C=N–C) groups is 1. The first-order valence-electron chi connectivity index (χ1n) is 8.59. The second-order valence-corrected chi connectivity index (χ2v) is 6.62. The van der Waals surface area contributed by atoms with Gasteiger partial charge in [0, 0.05) is 25.2 Å². The summed E-state index contributed by atoms with van der Waals surface area (Å²) in [7, 11) is 0. The maximum absolute atomic E-state index is 11.6. The van der Waals surface area contributed by atoms with Crippen LogP contribution in [0.15, 0.2) is 29.3 Å². The molecular formula is C18H29N5O3. The molecule has 5 N–H and O–H groups in total. The molecule has 2 amide bonds. The maximum atomic E-state index is 11.6. The molecule has 0 fully saturated rings. The number of ether oxygens (including phenoxy) is 1. The van der Waals surface area contributed by atoms with Gasteiger partial charge in [-0.2, -0.15) is 0 Å². The van der Waals surface area contributed by atoms with E-state index >= 15 is 0 Å². The number of benzene rings is 1. The van der Waals surface area contributed by atoms with Gasteiger partial charge in [0.2, 0.25) is 5.91 Å². The summed E-state index contributed by atoms with van der Waals surface area (Å²) in [6.45, 7) is 9.39. The van der Waals surface area contributed by atoms with Gasteiger partial charge in [-0.3, -0.25) is 4.79 Å². The summed E-state index contributed by atoms with van der Waals surface area (Å²) in [6.07, 6.45) is -0.454. The molecule has 0 atom stereocenters. The minimum absolute atomic E-state index is 0.399. The fraction of sp³-hybridized carbons (Fsp3) is 0.500. The number of guanidine groups is 1. The van der Waals surface area contributed by atoms with Crippen LogP contribution in [-0.2, 0) is 11.3 Å². The first-order chi connectivity index (χ1) is 12.2. The van der Waals surface area contributed by atoms with Crippen molar-refractivity contribution in [3.63, 3.8) is 0 Å². The van der Waals surface area contributed by atoms with Gasteiger partial charge in [-0.15, -0.1) is 0 Å². The number of carbonyl (C=O) groups excluding carboxylic acids is 2. The van der Waals surface area contributed by atoms with Crippen molar-refractivity contribution in [2.75, 3.05) is 19.6 Å². The third kappa shape index (κ3) is 8.91. The molecule has 0 unspecified atom stereocenters. The van der Waals surface area contributed by atoms with Gasteiger partial charge in [-0.1, -0.05) is 12.1 Å². The van der Waals surface area contributed by atoms with Crippen LogP contribution in [0.4, 0.5) is 4.79 Å². The van der Waals surface area contributed by atoms with Crippen LogP contribution in [0.3, 0.4) is 0 Å². The molecule has 26 heavy (non-hydrogen) atoms. The second kappa shape index (κ2) is 10.3. The topological polar surface area (TPSA) is 118 Å². The maximum Gasteiger partial charge on any atom is 0.407 e. The van der Waals surface area contributed by atoms with Crippen molar-refractivity contribution in [3.05, 3.63) is 35.4 Å². The van der Waals surface area contributed by atoms with E-state index in [1.807, 2.05) is 33.8 Å². The van der Waals surface area contributed by atoms with Gasteiger partial charge in [-0.25, -0.2) is 9.79 Å². The Morgan fingerprint density at radius 2 is 1.85 bits per heavy atom. The first kappa shape index (κ1) is 21.3. The molecule has 144 valence electrons. The Labute approximate surface area is 154 Å². The van der Waals surface area contributed by atoms with Crippen LogP contribution < -0.4 is 21.7 Å². The molecule has 1 aromatic carbocycles. The van der Waals surface area contributed by atoms with E-state index in [1.54, 1.807) is 18.2 Å². The Morgan fingerprint density at radius 1 is 1.15 bits per heavy atom. The third-order valence-electron chi connectivity index (χ3n) is 3.06. The Bertz CT molecular complexity index is 638. The van der Waals surface area contributed by atoms with E-state index in [2.05, 4.69) is 20.9 Å². The third-order valence-corrected chi connectivity index (χ3v) is 3.06. The zero-order valence-electron chi connectivity index (χ0n) is 15.9. The lowest BCUT2D eigenvalue weighted by Crippen LogP contribution is -2.42. The Hall–Kier alpha value is -2.77. The van der Waals surface area contributed by atoms with E-state index in [4.69, 9.17) is 10.5 Å². The highest BCUT2D eigenvalue weighted by Crippen LogP contribution is 2.06. The summed E-state index contributed by atoms with van der Waals surface area (Å²) in [5.41, 5.74) is 6.10. The largest absolute Gasteiger partial charge is 0.444 e. The molecule has 0 spiro atoms. The predicted molar refractivity (Wildman–Crippen MR) is 102 cm³/mol. The standard InChI is InChI=1S/C18H29N5O3/c1-5-20-16(21-9-10-22-17(25)26-18(2,3)4)23-12-13-7-6-8-14(11-13)15(19)24/h6-8,11H,5,9-10,12H2,1-4H3,(H2,19,24)(H,22,25)(H2,20,21,23). The Kier molecular flexibility index (Phi) is 8.41. The van der Waals surface area contributed by atoms with Crippen molar-refractivity contribution < 1.29 is 14.3 Å². The number of alkyl carbamates (subject to hydrolysis) is 1. The molecule has 0 radical (unpaired) electrons. The Morgan fingerprint density at radius 3 is 2.46 bits per heavy atom. The van der Waals surface area contributed by atoms with Gasteiger partial charge in [0.25, 0.3) is 0 Å². The second-order valence-electron chi connectivity index (χ2n) is 6.62. The fourth-order valence-corrected chi connectivity index (χ4v) is 1.99. The van der Waals surface area contributed by atoms with Gasteiger partial charge in [0.15, 0.2) is 5.96 Å². The number of nitrogens with zero attached hydrogens (tertiary/aromatic N) is 1. The van der Waals surface area contributed by atoms with Crippen molar-refractivity contribution in [2.24, 2.45) is 10.7 Å². The molecule has 8 nitrogen and oxygen atoms in total. The normalized spacial score (nSPS) is 11.6.